The van der Waals surface area contributed by atoms with Crippen molar-refractivity contribution >= 4 is 77.5 Å². The minimum atomic E-state index is -4.15. The maximum Gasteiger partial charge on any atom is 0.510 e. The number of aliphatic imine (C=N–C) groups is 6. The number of nitrogens with zero attached hydrogens (tertiary/aromatic N) is 8. The Kier molecular flexibility index (Phi) is 27.7. The van der Waals surface area contributed by atoms with Crippen molar-refractivity contribution in [3.63, 3.8) is 0 Å². The first-order chi connectivity index (χ1) is 29.5. The summed E-state index contributed by atoms with van der Waals surface area (Å²) in [5.41, 5.74) is 11.6. The zero-order valence-electron chi connectivity index (χ0n) is 36.0. The molecule has 0 aromatic rings. The van der Waals surface area contributed by atoms with Gasteiger partial charge in [-0.25, -0.2) is 29.6 Å². The predicted octanol–water partition coefficient (Wildman–Crippen LogP) is 0.634. The number of amidine groups is 2. The molecule has 358 valence electrons. The SMILES string of the molecule is C=O.CC(C)O.CC(C)OC(=O)OCOP(=O)(CO[C@H](C)CN1C=NC2C(N)=NC=NC21)OCOC(=O)OC(C)C.C[C@H](CN1C=NC2C(N)=NC=NC21)OCP(=O)(O)O.O=C=O. The maximum absolute atomic E-state index is 13.1. The lowest BCUT2D eigenvalue weighted by molar-refractivity contribution is -0.191. The van der Waals surface area contributed by atoms with E-state index in [0.717, 1.165) is 0 Å². The maximum atomic E-state index is 13.1. The molecule has 0 saturated heterocycles. The van der Waals surface area contributed by atoms with E-state index in [-0.39, 0.29) is 42.8 Å². The molecule has 0 aromatic heterocycles. The summed E-state index contributed by atoms with van der Waals surface area (Å²) in [6.45, 7) is 14.7. The van der Waals surface area contributed by atoms with Crippen LogP contribution in [0.2, 0.25) is 0 Å². The van der Waals surface area contributed by atoms with Gasteiger partial charge in [0.15, 0.2) is 12.3 Å². The van der Waals surface area contributed by atoms with Gasteiger partial charge in [0.25, 0.3) is 0 Å². The smallest absolute Gasteiger partial charge is 0.432 e. The molecule has 4 heterocycles. The third kappa shape index (κ3) is 25.0. The van der Waals surface area contributed by atoms with Crippen LogP contribution in [-0.4, -0.2) is 181 Å². The number of hydrogen-bond acceptors (Lipinski definition) is 26. The van der Waals surface area contributed by atoms with E-state index in [9.17, 15) is 18.7 Å². The van der Waals surface area contributed by atoms with Crippen molar-refractivity contribution in [2.45, 2.75) is 110 Å². The molecule has 30 heteroatoms. The van der Waals surface area contributed by atoms with Crippen molar-refractivity contribution in [3.05, 3.63) is 0 Å². The minimum Gasteiger partial charge on any atom is -0.432 e. The summed E-state index contributed by atoms with van der Waals surface area (Å²) in [6, 6.07) is -0.672. The Morgan fingerprint density at radius 3 is 1.41 bits per heavy atom. The van der Waals surface area contributed by atoms with Crippen LogP contribution < -0.4 is 11.5 Å². The highest BCUT2D eigenvalue weighted by molar-refractivity contribution is 7.53. The molecular formula is C33H58N10O18P2. The van der Waals surface area contributed by atoms with Gasteiger partial charge in [0.05, 0.1) is 37.1 Å². The molecule has 0 amide bonds. The van der Waals surface area contributed by atoms with Crippen molar-refractivity contribution in [2.24, 2.45) is 41.4 Å². The summed E-state index contributed by atoms with van der Waals surface area (Å²) in [4.78, 5) is 93.2. The second-order valence-corrected chi connectivity index (χ2v) is 17.1. The average molecular weight is 945 g/mol. The Balaban J connectivity index is 0.00000114. The first-order valence-electron chi connectivity index (χ1n) is 18.6. The Morgan fingerprint density at radius 1 is 0.730 bits per heavy atom. The van der Waals surface area contributed by atoms with Gasteiger partial charge in [0.2, 0.25) is 13.6 Å². The Labute approximate surface area is 363 Å². The van der Waals surface area contributed by atoms with E-state index in [2.05, 4.69) is 30.0 Å². The van der Waals surface area contributed by atoms with Gasteiger partial charge in [-0.1, -0.05) is 0 Å². The van der Waals surface area contributed by atoms with E-state index in [1.54, 1.807) is 73.0 Å². The molecule has 4 rings (SSSR count). The third-order valence-electron chi connectivity index (χ3n) is 6.95. The van der Waals surface area contributed by atoms with Crippen LogP contribution in [-0.2, 0) is 61.0 Å². The summed E-state index contributed by atoms with van der Waals surface area (Å²) in [5.74, 6) is 0.762. The van der Waals surface area contributed by atoms with Gasteiger partial charge in [-0.2, -0.15) is 9.59 Å². The average Bonchev–Trinajstić information content (AvgIpc) is 3.79. The summed E-state index contributed by atoms with van der Waals surface area (Å²) in [7, 11) is -8.19. The molecule has 4 aliphatic rings. The largest absolute Gasteiger partial charge is 0.510 e. The van der Waals surface area contributed by atoms with Gasteiger partial charge in [0.1, 0.15) is 55.9 Å². The number of aliphatic hydroxyl groups is 1. The number of carbonyl (C=O) groups excluding carboxylic acids is 5. The van der Waals surface area contributed by atoms with E-state index in [0.29, 0.717) is 24.8 Å². The normalized spacial score (nSPS) is 20.1. The van der Waals surface area contributed by atoms with Crippen molar-refractivity contribution in [2.75, 3.05) is 39.4 Å². The van der Waals surface area contributed by atoms with Crippen LogP contribution in [0.15, 0.2) is 30.0 Å². The molecule has 7 N–H and O–H groups in total. The number of nitrogens with two attached hydrogens (primary N) is 2. The zero-order chi connectivity index (χ0) is 48.3. The van der Waals surface area contributed by atoms with Crippen LogP contribution in [0.3, 0.4) is 0 Å². The highest BCUT2D eigenvalue weighted by Gasteiger charge is 2.37. The fourth-order valence-corrected chi connectivity index (χ4v) is 6.11. The topological polar surface area (TPSA) is 387 Å². The lowest BCUT2D eigenvalue weighted by Crippen LogP contribution is -2.46. The summed E-state index contributed by atoms with van der Waals surface area (Å²) < 4.78 is 63.9. The molecule has 0 saturated carbocycles. The lowest BCUT2D eigenvalue weighted by atomic mass is 10.2. The Bertz CT molecular complexity index is 1690. The Morgan fingerprint density at radius 2 is 1.08 bits per heavy atom. The molecule has 0 spiro atoms. The monoisotopic (exact) mass is 944 g/mol. The minimum absolute atomic E-state index is 0.167. The second kappa shape index (κ2) is 30.1. The van der Waals surface area contributed by atoms with E-state index in [1.165, 1.54) is 12.7 Å². The van der Waals surface area contributed by atoms with Gasteiger partial charge in [-0.3, -0.25) is 28.2 Å². The van der Waals surface area contributed by atoms with E-state index in [1.807, 2.05) is 11.7 Å². The molecule has 0 fully saturated rings. The molecule has 28 nitrogen and oxygen atoms in total. The van der Waals surface area contributed by atoms with E-state index < -0.39 is 72.1 Å². The molecule has 0 aromatic carbocycles. The van der Waals surface area contributed by atoms with Gasteiger partial charge >= 0.3 is 33.7 Å². The Hall–Kier alpha value is -5.01. The molecule has 6 atom stereocenters. The molecule has 0 bridgehead atoms. The number of carbonyl (C=O) groups is 3. The van der Waals surface area contributed by atoms with Crippen molar-refractivity contribution < 1.29 is 85.5 Å². The molecule has 4 aliphatic heterocycles. The van der Waals surface area contributed by atoms with Crippen LogP contribution in [0.1, 0.15) is 55.4 Å². The molecule has 4 unspecified atom stereocenters. The molecular weight excluding hydrogens is 886 g/mol. The fourth-order valence-electron chi connectivity index (χ4n) is 4.58. The fraction of sp³-hybridized carbons (Fsp3) is 0.697. The number of fused-ring (bicyclic) bond motifs is 2. The van der Waals surface area contributed by atoms with Crippen molar-refractivity contribution in [3.8, 4) is 0 Å². The number of ether oxygens (including phenoxy) is 6. The summed E-state index contributed by atoms with van der Waals surface area (Å²) >= 11 is 0. The first kappa shape index (κ1) is 58.0. The highest BCUT2D eigenvalue weighted by Crippen LogP contribution is 2.48. The number of aliphatic hydroxyl groups excluding tert-OH is 1. The quantitative estimate of drug-likeness (QED) is 0.0714. The standard InChI is InChI=1S/C19H32N5O10P.C9H16N5O4P.C3H8O.CO2.CH2O/c1-12(2)33-18(25)28-9-31-35(27,32-10-29-19(26)34-13(3)4)11-30-14(5)6-24-8-23-15-16(20)21-7-22-17(15)24;1-6(18-5-19(15,16)17)2-14-4-13-7-8(10)11-3-12-9(7)14;1-3(2)4;2-1-3;1-2/h7-8,12-15,17H,6,9-11H2,1-5H3,(H2,20,21,22);3-4,6-7,9H,2,5H2,1H3,(H2,10,11,12)(H2,15,16,17);3-4H,1-2H3;;1H2/t14-,15?,17?;6-,7?,9?;;;/m11.../s1. The van der Waals surface area contributed by atoms with Crippen LogP contribution in [0.4, 0.5) is 9.59 Å². The van der Waals surface area contributed by atoms with Crippen LogP contribution in [0, 0.1) is 0 Å². The van der Waals surface area contributed by atoms with Gasteiger partial charge in [0, 0.05) is 19.2 Å². The van der Waals surface area contributed by atoms with Gasteiger partial charge in [-0.15, -0.1) is 0 Å². The van der Waals surface area contributed by atoms with Crippen LogP contribution >= 0.6 is 15.2 Å². The van der Waals surface area contributed by atoms with E-state index in [4.69, 9.17) is 78.2 Å². The van der Waals surface area contributed by atoms with Crippen molar-refractivity contribution in [1.29, 1.82) is 0 Å². The van der Waals surface area contributed by atoms with Crippen LogP contribution in [0.25, 0.3) is 0 Å². The zero-order valence-corrected chi connectivity index (χ0v) is 37.8. The molecule has 0 aliphatic carbocycles. The predicted molar refractivity (Wildman–Crippen MR) is 223 cm³/mol. The first-order valence-corrected chi connectivity index (χ1v) is 22.1. The second-order valence-electron chi connectivity index (χ2n) is 13.6. The lowest BCUT2D eigenvalue weighted by Gasteiger charge is -2.28. The van der Waals surface area contributed by atoms with Gasteiger partial charge in [-0.05, 0) is 55.4 Å². The number of hydrogen-bond donors (Lipinski definition) is 5. The highest BCUT2D eigenvalue weighted by atomic mass is 31.2. The third-order valence-corrected chi connectivity index (χ3v) is 8.90. The number of rotatable bonds is 18. The van der Waals surface area contributed by atoms with Crippen molar-refractivity contribution in [1.82, 2.24) is 9.80 Å². The summed E-state index contributed by atoms with van der Waals surface area (Å²) in [6.07, 6.45) is 0.580. The van der Waals surface area contributed by atoms with Gasteiger partial charge < -0.3 is 69.4 Å². The molecule has 0 radical (unpaired) electrons. The molecule has 63 heavy (non-hydrogen) atoms. The van der Waals surface area contributed by atoms with Crippen LogP contribution in [0.5, 0.6) is 0 Å². The summed E-state index contributed by atoms with van der Waals surface area (Å²) in [5, 5.41) is 8.06. The van der Waals surface area contributed by atoms with E-state index >= 15 is 0 Å².